The first-order valence-corrected chi connectivity index (χ1v) is 31.1. The second-order valence-electron chi connectivity index (χ2n) is 23.6. The second-order valence-corrected chi connectivity index (χ2v) is 23.6. The molecule has 1 aliphatic rings. The van der Waals surface area contributed by atoms with E-state index in [0.29, 0.717) is 38.8 Å². The Balaban J connectivity index is 1.09. The van der Waals surface area contributed by atoms with Gasteiger partial charge in [-0.25, -0.2) is 14.4 Å². The van der Waals surface area contributed by atoms with Crippen LogP contribution in [0.4, 0.5) is 4.79 Å². The van der Waals surface area contributed by atoms with Crippen LogP contribution in [0, 0.1) is 0 Å². The van der Waals surface area contributed by atoms with Crippen molar-refractivity contribution in [2.75, 3.05) is 79.1 Å². The van der Waals surface area contributed by atoms with Crippen molar-refractivity contribution in [3.63, 3.8) is 0 Å². The van der Waals surface area contributed by atoms with Crippen molar-refractivity contribution in [2.24, 2.45) is 0 Å². The van der Waals surface area contributed by atoms with Crippen LogP contribution >= 0.6 is 0 Å². The van der Waals surface area contributed by atoms with Crippen LogP contribution in [0.3, 0.4) is 0 Å². The molecule has 0 saturated heterocycles. The lowest BCUT2D eigenvalue weighted by Crippen LogP contribution is -2.44. The third-order valence-corrected chi connectivity index (χ3v) is 13.8. The molecule has 3 rings (SSSR count). The summed E-state index contributed by atoms with van der Waals surface area (Å²) in [7, 11) is 0. The first-order valence-electron chi connectivity index (χ1n) is 31.1. The SMILES string of the molecule is CC(C)(C)OC(=O)CCCCCCCCCCCCCCCCC(=O)N[C@@H](CCC(=O)NCCOCCOCC(O)NCCOCCOCC(=O)NCCCCC(NC(=O)OCC1c2ccccc2-c2ccccc21)C(=O)O)C(=O)OC(C)(C)C. The lowest BCUT2D eigenvalue weighted by molar-refractivity contribution is -0.159. The Bertz CT molecular complexity index is 2210. The molecular formula is C64H103N5O16. The minimum absolute atomic E-state index is 0.00767. The number of ether oxygens (including phenoxy) is 7. The van der Waals surface area contributed by atoms with Gasteiger partial charge >= 0.3 is 24.0 Å². The van der Waals surface area contributed by atoms with Crippen LogP contribution in [-0.2, 0) is 61.9 Å². The minimum Gasteiger partial charge on any atom is -0.480 e. The fourth-order valence-electron chi connectivity index (χ4n) is 9.53. The van der Waals surface area contributed by atoms with Gasteiger partial charge in [0, 0.05) is 44.8 Å². The molecule has 21 nitrogen and oxygen atoms in total. The number of nitrogens with one attached hydrogen (secondary N) is 5. The molecule has 0 spiro atoms. The third-order valence-electron chi connectivity index (χ3n) is 13.8. The van der Waals surface area contributed by atoms with E-state index in [2.05, 4.69) is 26.6 Å². The standard InChI is InChI=1S/C64H103N5O16/c1-63(2,3)84-59(74)33-20-18-16-14-12-10-8-7-9-11-13-15-17-19-32-56(71)68-54(61(77)85-64(4,5)6)34-35-55(70)66-37-39-79-41-44-82-47-58(73)67-38-40-80-42-43-81-46-57(72)65-36-26-25-31-53(60(75)76)69-62(78)83-45-52-50-29-23-21-27-48(50)49-28-22-24-30-51(49)52/h21-24,27-30,52-54,58,67,73H,7-20,25-26,31-47H2,1-6H3,(H,65,72)(H,66,70)(H,68,71)(H,69,78)(H,75,76)/t53?,54-,58?/m0/s1. The molecule has 0 aliphatic heterocycles. The van der Waals surface area contributed by atoms with Crippen LogP contribution in [0.5, 0.6) is 0 Å². The van der Waals surface area contributed by atoms with Crippen molar-refractivity contribution in [1.82, 2.24) is 26.6 Å². The van der Waals surface area contributed by atoms with Crippen molar-refractivity contribution < 1.29 is 76.9 Å². The van der Waals surface area contributed by atoms with Crippen molar-refractivity contribution in [1.29, 1.82) is 0 Å². The molecule has 2 aromatic carbocycles. The Labute approximate surface area is 505 Å². The molecule has 85 heavy (non-hydrogen) atoms. The number of aliphatic hydroxyl groups is 1. The van der Waals surface area contributed by atoms with E-state index >= 15 is 0 Å². The lowest BCUT2D eigenvalue weighted by Gasteiger charge is -2.24. The topological polar surface area (TPSA) is 285 Å². The number of hydrogen-bond donors (Lipinski definition) is 7. The first kappa shape index (κ1) is 73.5. The summed E-state index contributed by atoms with van der Waals surface area (Å²) >= 11 is 0. The van der Waals surface area contributed by atoms with E-state index in [1.807, 2.05) is 69.3 Å². The number of carbonyl (C=O) groups is 7. The number of rotatable bonds is 48. The number of alkyl carbamates (subject to hydrolysis) is 1. The number of aliphatic hydroxyl groups excluding tert-OH is 1. The van der Waals surface area contributed by atoms with Gasteiger partial charge in [-0.3, -0.25) is 24.5 Å². The van der Waals surface area contributed by atoms with E-state index in [4.69, 9.17) is 33.2 Å². The number of esters is 2. The Morgan fingerprint density at radius 3 is 1.60 bits per heavy atom. The maximum atomic E-state index is 13.0. The van der Waals surface area contributed by atoms with Gasteiger partial charge in [-0.05, 0) is 102 Å². The Hall–Kier alpha value is -5.71. The van der Waals surface area contributed by atoms with Gasteiger partial charge in [0.2, 0.25) is 17.7 Å². The highest BCUT2D eigenvalue weighted by Gasteiger charge is 2.31. The molecule has 480 valence electrons. The van der Waals surface area contributed by atoms with Crippen LogP contribution < -0.4 is 26.6 Å². The van der Waals surface area contributed by atoms with Crippen LogP contribution in [0.1, 0.15) is 193 Å². The highest BCUT2D eigenvalue weighted by molar-refractivity contribution is 5.86. The van der Waals surface area contributed by atoms with Gasteiger partial charge in [0.25, 0.3) is 0 Å². The van der Waals surface area contributed by atoms with E-state index in [1.165, 1.54) is 44.9 Å². The maximum Gasteiger partial charge on any atom is 0.407 e. The van der Waals surface area contributed by atoms with Gasteiger partial charge < -0.3 is 64.6 Å². The van der Waals surface area contributed by atoms with Crippen LogP contribution in [0.2, 0.25) is 0 Å². The number of amides is 4. The quantitative estimate of drug-likeness (QED) is 0.0141. The average molecular weight is 1200 g/mol. The Kier molecular flexibility index (Phi) is 37.2. The summed E-state index contributed by atoms with van der Waals surface area (Å²) in [4.78, 5) is 87.0. The van der Waals surface area contributed by atoms with E-state index in [1.54, 1.807) is 20.8 Å². The maximum absolute atomic E-state index is 13.0. The predicted molar refractivity (Wildman–Crippen MR) is 324 cm³/mol. The largest absolute Gasteiger partial charge is 0.480 e. The number of fused-ring (bicyclic) bond motifs is 3. The van der Waals surface area contributed by atoms with Crippen molar-refractivity contribution >= 4 is 41.7 Å². The molecule has 0 fully saturated rings. The molecule has 0 heterocycles. The number of carboxylic acid groups (broad SMARTS) is 1. The molecule has 2 unspecified atom stereocenters. The van der Waals surface area contributed by atoms with Gasteiger partial charge in [0.15, 0.2) is 0 Å². The van der Waals surface area contributed by atoms with Crippen LogP contribution in [-0.4, -0.2) is 161 Å². The van der Waals surface area contributed by atoms with E-state index in [-0.39, 0.29) is 115 Å². The Morgan fingerprint density at radius 2 is 1.02 bits per heavy atom. The normalized spacial score (nSPS) is 13.2. The van der Waals surface area contributed by atoms with Crippen molar-refractivity contribution in [3.8, 4) is 11.1 Å². The summed E-state index contributed by atoms with van der Waals surface area (Å²) in [6, 6.07) is 13.8. The second kappa shape index (κ2) is 43.0. The molecule has 0 aromatic heterocycles. The molecule has 1 aliphatic carbocycles. The molecule has 2 aromatic rings. The highest BCUT2D eigenvalue weighted by Crippen LogP contribution is 2.44. The van der Waals surface area contributed by atoms with E-state index < -0.39 is 47.5 Å². The zero-order valence-electron chi connectivity index (χ0n) is 51.9. The molecule has 3 atom stereocenters. The van der Waals surface area contributed by atoms with Gasteiger partial charge in [-0.1, -0.05) is 126 Å². The first-order chi connectivity index (χ1) is 40.7. The van der Waals surface area contributed by atoms with Gasteiger partial charge in [-0.15, -0.1) is 0 Å². The summed E-state index contributed by atoms with van der Waals surface area (Å²) < 4.78 is 38.2. The molecule has 4 amide bonds. The molecule has 0 radical (unpaired) electrons. The zero-order chi connectivity index (χ0) is 62.1. The summed E-state index contributed by atoms with van der Waals surface area (Å²) in [5, 5.41) is 33.5. The average Bonchev–Trinajstić information content (AvgIpc) is 3.59. The smallest absolute Gasteiger partial charge is 0.407 e. The van der Waals surface area contributed by atoms with Gasteiger partial charge in [0.05, 0.1) is 46.2 Å². The molecular weight excluding hydrogens is 1090 g/mol. The number of hydrogen-bond acceptors (Lipinski definition) is 16. The van der Waals surface area contributed by atoms with Crippen LogP contribution in [0.25, 0.3) is 11.1 Å². The molecule has 7 N–H and O–H groups in total. The van der Waals surface area contributed by atoms with Gasteiger partial charge in [0.1, 0.15) is 42.7 Å². The summed E-state index contributed by atoms with van der Waals surface area (Å²) in [6.45, 7) is 13.1. The number of carbonyl (C=O) groups excluding carboxylic acids is 6. The molecule has 0 saturated carbocycles. The molecule has 21 heteroatoms. The number of benzene rings is 2. The number of carboxylic acids is 1. The number of aliphatic carboxylic acids is 1. The predicted octanol–water partition coefficient (Wildman–Crippen LogP) is 8.55. The third kappa shape index (κ3) is 35.5. The van der Waals surface area contributed by atoms with E-state index in [0.717, 1.165) is 67.2 Å². The lowest BCUT2D eigenvalue weighted by atomic mass is 9.98. The number of unbranched alkanes of at least 4 members (excludes halogenated alkanes) is 14. The summed E-state index contributed by atoms with van der Waals surface area (Å²) in [6.07, 6.45) is 15.8. The Morgan fingerprint density at radius 1 is 0.506 bits per heavy atom. The monoisotopic (exact) mass is 1200 g/mol. The van der Waals surface area contributed by atoms with Crippen molar-refractivity contribution in [2.45, 2.75) is 212 Å². The fourth-order valence-corrected chi connectivity index (χ4v) is 9.53. The highest BCUT2D eigenvalue weighted by atomic mass is 16.6. The van der Waals surface area contributed by atoms with Crippen molar-refractivity contribution in [3.05, 3.63) is 59.7 Å². The summed E-state index contributed by atoms with van der Waals surface area (Å²) in [5.41, 5.74) is 3.13. The van der Waals surface area contributed by atoms with Gasteiger partial charge in [-0.2, -0.15) is 0 Å². The summed E-state index contributed by atoms with van der Waals surface area (Å²) in [5.74, 6) is -2.86. The zero-order valence-corrected chi connectivity index (χ0v) is 51.9. The molecule has 0 bridgehead atoms. The van der Waals surface area contributed by atoms with E-state index in [9.17, 15) is 43.8 Å². The van der Waals surface area contributed by atoms with Crippen LogP contribution in [0.15, 0.2) is 48.5 Å². The fraction of sp³-hybridized carbons (Fsp3) is 0.703. The minimum atomic E-state index is -1.17.